The van der Waals surface area contributed by atoms with Gasteiger partial charge in [0.15, 0.2) is 0 Å². The number of halogens is 2. The highest BCUT2D eigenvalue weighted by Crippen LogP contribution is 2.29. The van der Waals surface area contributed by atoms with Gasteiger partial charge in [-0.3, -0.25) is 4.79 Å². The second-order valence-electron chi connectivity index (χ2n) is 5.37. The molecule has 0 spiro atoms. The number of nitrogens with zero attached hydrogens (tertiary/aromatic N) is 1. The Morgan fingerprint density at radius 3 is 2.42 bits per heavy atom. The molecule has 1 saturated carbocycles. The number of hydrogen-bond donors (Lipinski definition) is 0. The fourth-order valence-corrected chi connectivity index (χ4v) is 3.30. The Kier molecular flexibility index (Phi) is 4.75. The molecule has 0 radical (unpaired) electrons. The van der Waals surface area contributed by atoms with Gasteiger partial charge in [-0.25, -0.2) is 0 Å². The summed E-state index contributed by atoms with van der Waals surface area (Å²) in [5, 5.41) is 0.986. The smallest absolute Gasteiger partial charge is 0.255 e. The van der Waals surface area contributed by atoms with Crippen LogP contribution in [0.15, 0.2) is 18.2 Å². The monoisotopic (exact) mass is 299 g/mol. The summed E-state index contributed by atoms with van der Waals surface area (Å²) in [6, 6.07) is 5.59. The number of rotatable bonds is 3. The maximum Gasteiger partial charge on any atom is 0.255 e. The maximum absolute atomic E-state index is 12.7. The fourth-order valence-electron chi connectivity index (χ4n) is 2.81. The minimum atomic E-state index is 0.0172. The van der Waals surface area contributed by atoms with Crippen molar-refractivity contribution in [3.63, 3.8) is 0 Å². The van der Waals surface area contributed by atoms with Crippen LogP contribution in [0.2, 0.25) is 10.0 Å². The van der Waals surface area contributed by atoms with E-state index < -0.39 is 0 Å². The van der Waals surface area contributed by atoms with Crippen LogP contribution in [0.3, 0.4) is 0 Å². The van der Waals surface area contributed by atoms with Gasteiger partial charge in [-0.1, -0.05) is 36.0 Å². The van der Waals surface area contributed by atoms with E-state index in [1.54, 1.807) is 18.2 Å². The van der Waals surface area contributed by atoms with Crippen molar-refractivity contribution in [2.24, 2.45) is 0 Å². The first-order chi connectivity index (χ1) is 9.00. The molecule has 1 amide bonds. The molecule has 1 aromatic rings. The van der Waals surface area contributed by atoms with Crippen LogP contribution in [0.25, 0.3) is 0 Å². The SMILES string of the molecule is CC(C)N(C(=O)c1ccc(Cl)cc1Cl)C1CCCC1. The Labute approximate surface area is 124 Å². The van der Waals surface area contributed by atoms with Gasteiger partial charge in [0, 0.05) is 17.1 Å². The van der Waals surface area contributed by atoms with E-state index in [0.29, 0.717) is 21.7 Å². The van der Waals surface area contributed by atoms with Crippen LogP contribution < -0.4 is 0 Å². The molecule has 1 fully saturated rings. The minimum absolute atomic E-state index is 0.0172. The summed E-state index contributed by atoms with van der Waals surface area (Å²) in [5.74, 6) is 0.0172. The highest BCUT2D eigenvalue weighted by Gasteiger charge is 2.30. The molecule has 0 aromatic heterocycles. The molecule has 4 heteroatoms. The molecule has 0 aliphatic heterocycles. The van der Waals surface area contributed by atoms with Crippen molar-refractivity contribution in [3.8, 4) is 0 Å². The third-order valence-corrected chi connectivity index (χ3v) is 4.22. The third kappa shape index (κ3) is 3.24. The van der Waals surface area contributed by atoms with Gasteiger partial charge in [-0.15, -0.1) is 0 Å². The highest BCUT2D eigenvalue weighted by atomic mass is 35.5. The molecule has 0 saturated heterocycles. The summed E-state index contributed by atoms with van der Waals surface area (Å²) >= 11 is 12.0. The Morgan fingerprint density at radius 2 is 1.89 bits per heavy atom. The van der Waals surface area contributed by atoms with Crippen LogP contribution in [-0.2, 0) is 0 Å². The quantitative estimate of drug-likeness (QED) is 0.786. The predicted octanol–water partition coefficient (Wildman–Crippen LogP) is 4.79. The average molecular weight is 300 g/mol. The second kappa shape index (κ2) is 6.15. The first-order valence-electron chi connectivity index (χ1n) is 6.78. The van der Waals surface area contributed by atoms with Crippen LogP contribution in [-0.4, -0.2) is 22.9 Å². The summed E-state index contributed by atoms with van der Waals surface area (Å²) in [7, 11) is 0. The van der Waals surface area contributed by atoms with Gasteiger partial charge in [0.05, 0.1) is 10.6 Å². The van der Waals surface area contributed by atoms with Gasteiger partial charge in [-0.2, -0.15) is 0 Å². The largest absolute Gasteiger partial charge is 0.333 e. The third-order valence-electron chi connectivity index (χ3n) is 3.67. The Bertz CT molecular complexity index is 467. The predicted molar refractivity (Wildman–Crippen MR) is 80.0 cm³/mol. The van der Waals surface area contributed by atoms with E-state index in [4.69, 9.17) is 23.2 Å². The molecule has 0 heterocycles. The van der Waals surface area contributed by atoms with E-state index >= 15 is 0 Å². The number of carbonyl (C=O) groups is 1. The van der Waals surface area contributed by atoms with E-state index in [-0.39, 0.29) is 11.9 Å². The van der Waals surface area contributed by atoms with Crippen molar-refractivity contribution in [2.45, 2.75) is 51.6 Å². The molecule has 0 N–H and O–H groups in total. The van der Waals surface area contributed by atoms with E-state index in [0.717, 1.165) is 12.8 Å². The fraction of sp³-hybridized carbons (Fsp3) is 0.533. The summed E-state index contributed by atoms with van der Waals surface area (Å²) in [6.07, 6.45) is 4.59. The normalized spacial score (nSPS) is 16.1. The molecule has 19 heavy (non-hydrogen) atoms. The number of amides is 1. The van der Waals surface area contributed by atoms with Crippen molar-refractivity contribution >= 4 is 29.1 Å². The van der Waals surface area contributed by atoms with Gasteiger partial charge in [0.1, 0.15) is 0 Å². The summed E-state index contributed by atoms with van der Waals surface area (Å²) in [5.41, 5.74) is 0.548. The van der Waals surface area contributed by atoms with Gasteiger partial charge < -0.3 is 4.90 Å². The molecule has 2 nitrogen and oxygen atoms in total. The van der Waals surface area contributed by atoms with E-state index in [9.17, 15) is 4.79 Å². The molecular weight excluding hydrogens is 281 g/mol. The van der Waals surface area contributed by atoms with Gasteiger partial charge in [-0.05, 0) is 44.9 Å². The zero-order valence-electron chi connectivity index (χ0n) is 11.3. The summed E-state index contributed by atoms with van der Waals surface area (Å²) < 4.78 is 0. The topological polar surface area (TPSA) is 20.3 Å². The lowest BCUT2D eigenvalue weighted by Gasteiger charge is -2.33. The number of benzene rings is 1. The van der Waals surface area contributed by atoms with Crippen molar-refractivity contribution in [1.82, 2.24) is 4.90 Å². The molecule has 1 aromatic carbocycles. The first-order valence-corrected chi connectivity index (χ1v) is 7.54. The Morgan fingerprint density at radius 1 is 1.26 bits per heavy atom. The highest BCUT2D eigenvalue weighted by molar-refractivity contribution is 6.36. The van der Waals surface area contributed by atoms with Crippen molar-refractivity contribution < 1.29 is 4.79 Å². The van der Waals surface area contributed by atoms with E-state index in [1.165, 1.54) is 12.8 Å². The molecule has 104 valence electrons. The molecule has 0 atom stereocenters. The zero-order chi connectivity index (χ0) is 14.0. The summed E-state index contributed by atoms with van der Waals surface area (Å²) in [6.45, 7) is 4.11. The molecular formula is C15H19Cl2NO. The lowest BCUT2D eigenvalue weighted by molar-refractivity contribution is 0.0613. The molecule has 1 aliphatic rings. The van der Waals surface area contributed by atoms with E-state index in [2.05, 4.69) is 13.8 Å². The van der Waals surface area contributed by atoms with Crippen LogP contribution in [0.4, 0.5) is 0 Å². The Hall–Kier alpha value is -0.730. The van der Waals surface area contributed by atoms with Gasteiger partial charge in [0.25, 0.3) is 5.91 Å². The van der Waals surface area contributed by atoms with Crippen molar-refractivity contribution in [2.75, 3.05) is 0 Å². The van der Waals surface area contributed by atoms with Gasteiger partial charge >= 0.3 is 0 Å². The molecule has 1 aliphatic carbocycles. The van der Waals surface area contributed by atoms with Crippen LogP contribution in [0, 0.1) is 0 Å². The molecule has 0 unspecified atom stereocenters. The van der Waals surface area contributed by atoms with E-state index in [1.807, 2.05) is 4.90 Å². The Balaban J connectivity index is 2.28. The van der Waals surface area contributed by atoms with Gasteiger partial charge in [0.2, 0.25) is 0 Å². The van der Waals surface area contributed by atoms with Crippen molar-refractivity contribution in [1.29, 1.82) is 0 Å². The molecule has 2 rings (SSSR count). The maximum atomic E-state index is 12.7. The zero-order valence-corrected chi connectivity index (χ0v) is 12.8. The lowest BCUT2D eigenvalue weighted by Crippen LogP contribution is -2.43. The number of carbonyl (C=O) groups excluding carboxylic acids is 1. The average Bonchev–Trinajstić information content (AvgIpc) is 2.81. The lowest BCUT2D eigenvalue weighted by atomic mass is 10.1. The first kappa shape index (κ1) is 14.7. The standard InChI is InChI=1S/C15H19Cl2NO/c1-10(2)18(12-5-3-4-6-12)15(19)13-8-7-11(16)9-14(13)17/h7-10,12H,3-6H2,1-2H3. The van der Waals surface area contributed by atoms with Crippen molar-refractivity contribution in [3.05, 3.63) is 33.8 Å². The number of hydrogen-bond acceptors (Lipinski definition) is 1. The molecule has 0 bridgehead atoms. The summed E-state index contributed by atoms with van der Waals surface area (Å²) in [4.78, 5) is 14.7. The minimum Gasteiger partial charge on any atom is -0.333 e. The van der Waals surface area contributed by atoms with Crippen LogP contribution in [0.1, 0.15) is 49.9 Å². The van der Waals surface area contributed by atoms with Crippen LogP contribution >= 0.6 is 23.2 Å². The second-order valence-corrected chi connectivity index (χ2v) is 6.21. The van der Waals surface area contributed by atoms with Crippen LogP contribution in [0.5, 0.6) is 0 Å².